The van der Waals surface area contributed by atoms with Crippen LogP contribution in [0.5, 0.6) is 0 Å². The second-order valence-electron chi connectivity index (χ2n) is 3.31. The number of hydrogen-bond acceptors (Lipinski definition) is 6. The standard InChI is InChI=1S/C7H10N6OS/c8-3-1-4(14)13(2-3)6-10-5(9)11-7(15)12-6/h3H,1-2,8H2,(H3,9,10,11,12,15). The van der Waals surface area contributed by atoms with Crippen molar-refractivity contribution >= 4 is 30.0 Å². The number of nitrogen functional groups attached to an aromatic ring is 1. The Balaban J connectivity index is 2.37. The molecule has 8 heteroatoms. The summed E-state index contributed by atoms with van der Waals surface area (Å²) < 4.78 is 0.106. The van der Waals surface area contributed by atoms with E-state index >= 15 is 0 Å². The number of hydrogen-bond donors (Lipinski definition) is 3. The molecule has 1 atom stereocenters. The first kappa shape index (κ1) is 9.99. The first-order chi connectivity index (χ1) is 7.06. The van der Waals surface area contributed by atoms with Gasteiger partial charge in [-0.3, -0.25) is 14.7 Å². The van der Waals surface area contributed by atoms with Crippen LogP contribution in [0.2, 0.25) is 0 Å². The minimum absolute atomic E-state index is 0.0914. The lowest BCUT2D eigenvalue weighted by Crippen LogP contribution is -2.29. The lowest BCUT2D eigenvalue weighted by molar-refractivity contribution is -0.117. The summed E-state index contributed by atoms with van der Waals surface area (Å²) in [4.78, 5) is 23.2. The van der Waals surface area contributed by atoms with Crippen LogP contribution in [0.3, 0.4) is 0 Å². The Labute approximate surface area is 90.5 Å². The molecule has 1 aromatic rings. The third-order valence-corrected chi connectivity index (χ3v) is 2.25. The molecule has 0 aromatic carbocycles. The number of nitrogens with two attached hydrogens (primary N) is 2. The number of nitrogens with one attached hydrogen (secondary N) is 1. The van der Waals surface area contributed by atoms with E-state index in [1.165, 1.54) is 4.90 Å². The quantitative estimate of drug-likeness (QED) is 0.539. The van der Waals surface area contributed by atoms with Crippen LogP contribution in [0.4, 0.5) is 11.9 Å². The average Bonchev–Trinajstić information content (AvgIpc) is 2.43. The summed E-state index contributed by atoms with van der Waals surface area (Å²) in [7, 11) is 0. The minimum atomic E-state index is -0.171. The van der Waals surface area contributed by atoms with E-state index in [0.717, 1.165) is 0 Å². The summed E-state index contributed by atoms with van der Waals surface area (Å²) in [5, 5.41) is 0. The van der Waals surface area contributed by atoms with Gasteiger partial charge in [0.15, 0.2) is 0 Å². The molecule has 80 valence electrons. The number of carbonyl (C=O) groups is 1. The maximum atomic E-state index is 11.5. The normalized spacial score (nSPS) is 21.0. The molecule has 1 aliphatic heterocycles. The van der Waals surface area contributed by atoms with Gasteiger partial charge in [0.05, 0.1) is 0 Å². The van der Waals surface area contributed by atoms with Gasteiger partial charge in [-0.2, -0.15) is 9.97 Å². The smallest absolute Gasteiger partial charge is 0.230 e. The van der Waals surface area contributed by atoms with Crippen LogP contribution in [0, 0.1) is 4.77 Å². The number of rotatable bonds is 1. The summed E-state index contributed by atoms with van der Waals surface area (Å²) in [5.41, 5.74) is 11.1. The van der Waals surface area contributed by atoms with Crippen molar-refractivity contribution in [1.29, 1.82) is 0 Å². The van der Waals surface area contributed by atoms with Crippen molar-refractivity contribution in [3.8, 4) is 0 Å². The van der Waals surface area contributed by atoms with Crippen molar-refractivity contribution in [2.45, 2.75) is 12.5 Å². The lowest BCUT2D eigenvalue weighted by Gasteiger charge is -2.14. The molecule has 0 radical (unpaired) electrons. The van der Waals surface area contributed by atoms with Crippen molar-refractivity contribution in [3.63, 3.8) is 0 Å². The Bertz CT molecular complexity index is 457. The fourth-order valence-corrected chi connectivity index (χ4v) is 1.64. The monoisotopic (exact) mass is 226 g/mol. The van der Waals surface area contributed by atoms with Crippen LogP contribution in [-0.2, 0) is 4.79 Å². The Hall–Kier alpha value is -1.54. The van der Waals surface area contributed by atoms with E-state index in [4.69, 9.17) is 23.7 Å². The van der Waals surface area contributed by atoms with Crippen molar-refractivity contribution in [2.75, 3.05) is 17.2 Å². The summed E-state index contributed by atoms with van der Waals surface area (Å²) >= 11 is 4.80. The van der Waals surface area contributed by atoms with Crippen LogP contribution in [-0.4, -0.2) is 33.4 Å². The molecule has 1 saturated heterocycles. The first-order valence-corrected chi connectivity index (χ1v) is 4.77. The van der Waals surface area contributed by atoms with Crippen LogP contribution < -0.4 is 16.4 Å². The van der Waals surface area contributed by atoms with E-state index in [0.29, 0.717) is 18.9 Å². The van der Waals surface area contributed by atoms with Crippen molar-refractivity contribution in [3.05, 3.63) is 4.77 Å². The van der Waals surface area contributed by atoms with Gasteiger partial charge >= 0.3 is 0 Å². The number of anilines is 2. The van der Waals surface area contributed by atoms with Crippen LogP contribution >= 0.6 is 12.2 Å². The highest BCUT2D eigenvalue weighted by atomic mass is 32.1. The molecule has 1 aliphatic rings. The molecule has 0 bridgehead atoms. The Morgan fingerprint density at radius 3 is 2.80 bits per heavy atom. The molecule has 1 aromatic heterocycles. The molecular weight excluding hydrogens is 216 g/mol. The van der Waals surface area contributed by atoms with Gasteiger partial charge in [0, 0.05) is 19.0 Å². The molecule has 2 heterocycles. The highest BCUT2D eigenvalue weighted by Gasteiger charge is 2.29. The number of aromatic nitrogens is 3. The summed E-state index contributed by atoms with van der Waals surface area (Å²) in [6, 6.07) is -0.171. The molecule has 1 amide bonds. The maximum absolute atomic E-state index is 11.5. The van der Waals surface area contributed by atoms with E-state index in [1.807, 2.05) is 0 Å². The molecule has 0 saturated carbocycles. The second kappa shape index (κ2) is 3.55. The van der Waals surface area contributed by atoms with Crippen LogP contribution in [0.25, 0.3) is 0 Å². The minimum Gasteiger partial charge on any atom is -0.369 e. The van der Waals surface area contributed by atoms with Gasteiger partial charge in [-0.05, 0) is 12.2 Å². The number of amides is 1. The maximum Gasteiger partial charge on any atom is 0.230 e. The number of H-pyrrole nitrogens is 1. The zero-order valence-electron chi connectivity index (χ0n) is 7.80. The largest absolute Gasteiger partial charge is 0.369 e. The van der Waals surface area contributed by atoms with Gasteiger partial charge < -0.3 is 11.5 Å². The van der Waals surface area contributed by atoms with E-state index in [-0.39, 0.29) is 22.7 Å². The first-order valence-electron chi connectivity index (χ1n) is 4.36. The second-order valence-corrected chi connectivity index (χ2v) is 3.67. The molecule has 1 fully saturated rings. The van der Waals surface area contributed by atoms with Crippen molar-refractivity contribution < 1.29 is 4.79 Å². The molecule has 15 heavy (non-hydrogen) atoms. The van der Waals surface area contributed by atoms with E-state index in [1.54, 1.807) is 0 Å². The third-order valence-electron chi connectivity index (χ3n) is 2.07. The van der Waals surface area contributed by atoms with Gasteiger partial charge in [0.25, 0.3) is 0 Å². The Kier molecular flexibility index (Phi) is 2.37. The topological polar surface area (TPSA) is 114 Å². The fourth-order valence-electron chi connectivity index (χ4n) is 1.46. The summed E-state index contributed by atoms with van der Waals surface area (Å²) in [5.74, 6) is 0.356. The zero-order chi connectivity index (χ0) is 11.0. The van der Waals surface area contributed by atoms with Crippen molar-refractivity contribution in [2.24, 2.45) is 5.73 Å². The van der Waals surface area contributed by atoms with Gasteiger partial charge in [-0.1, -0.05) is 0 Å². The predicted octanol–water partition coefficient (Wildman–Crippen LogP) is -0.820. The van der Waals surface area contributed by atoms with E-state index in [9.17, 15) is 4.79 Å². The number of aromatic amines is 1. The number of nitrogens with zero attached hydrogens (tertiary/aromatic N) is 3. The molecule has 5 N–H and O–H groups in total. The van der Waals surface area contributed by atoms with Crippen LogP contribution in [0.1, 0.15) is 6.42 Å². The molecule has 0 spiro atoms. The Morgan fingerprint density at radius 2 is 2.27 bits per heavy atom. The number of carbonyl (C=O) groups excluding carboxylic acids is 1. The van der Waals surface area contributed by atoms with E-state index < -0.39 is 0 Å². The lowest BCUT2D eigenvalue weighted by atomic mass is 10.3. The SMILES string of the molecule is Nc1nc(=S)nc(N2CC(N)CC2=O)[nH]1. The van der Waals surface area contributed by atoms with Gasteiger partial charge in [-0.25, -0.2) is 0 Å². The Morgan fingerprint density at radius 1 is 1.53 bits per heavy atom. The fraction of sp³-hybridized carbons (Fsp3) is 0.429. The molecule has 7 nitrogen and oxygen atoms in total. The van der Waals surface area contributed by atoms with Crippen LogP contribution in [0.15, 0.2) is 0 Å². The third kappa shape index (κ3) is 1.95. The average molecular weight is 226 g/mol. The molecule has 1 unspecified atom stereocenters. The van der Waals surface area contributed by atoms with Gasteiger partial charge in [-0.15, -0.1) is 0 Å². The van der Waals surface area contributed by atoms with E-state index in [2.05, 4.69) is 15.0 Å². The molecule has 0 aliphatic carbocycles. The highest BCUT2D eigenvalue weighted by molar-refractivity contribution is 7.71. The van der Waals surface area contributed by atoms with Gasteiger partial charge in [0.1, 0.15) is 0 Å². The molecule has 2 rings (SSSR count). The zero-order valence-corrected chi connectivity index (χ0v) is 8.62. The van der Waals surface area contributed by atoms with Gasteiger partial charge in [0.2, 0.25) is 22.6 Å². The summed E-state index contributed by atoms with van der Waals surface area (Å²) in [6.07, 6.45) is 0.310. The predicted molar refractivity (Wildman–Crippen MR) is 56.6 cm³/mol. The molecular formula is C7H10N6OS. The van der Waals surface area contributed by atoms with Crippen molar-refractivity contribution in [1.82, 2.24) is 15.0 Å². The highest BCUT2D eigenvalue weighted by Crippen LogP contribution is 2.16. The summed E-state index contributed by atoms with van der Waals surface area (Å²) in [6.45, 7) is 0.417.